The van der Waals surface area contributed by atoms with E-state index in [1.807, 2.05) is 12.1 Å². The molecule has 34 heavy (non-hydrogen) atoms. The van der Waals surface area contributed by atoms with Gasteiger partial charge >= 0.3 is 0 Å². The van der Waals surface area contributed by atoms with Gasteiger partial charge in [-0.1, -0.05) is 23.7 Å². The number of benzene rings is 2. The van der Waals surface area contributed by atoms with Gasteiger partial charge in [0.25, 0.3) is 5.91 Å². The summed E-state index contributed by atoms with van der Waals surface area (Å²) in [6, 6.07) is 14.7. The minimum atomic E-state index is -0.528. The summed E-state index contributed by atoms with van der Waals surface area (Å²) in [6.45, 7) is 1.24. The number of hydrogen-bond acceptors (Lipinski definition) is 5. The second-order valence-corrected chi connectivity index (χ2v) is 8.34. The van der Waals surface area contributed by atoms with Crippen molar-refractivity contribution in [2.45, 2.75) is 12.8 Å². The topological polar surface area (TPSA) is 83.6 Å². The Bertz CT molecular complexity index is 1200. The van der Waals surface area contributed by atoms with Crippen LogP contribution in [0.15, 0.2) is 60.8 Å². The highest BCUT2D eigenvalue weighted by molar-refractivity contribution is 6.31. The van der Waals surface area contributed by atoms with Crippen LogP contribution >= 0.6 is 11.6 Å². The first-order valence-electron chi connectivity index (χ1n) is 10.9. The molecule has 4 rings (SSSR count). The van der Waals surface area contributed by atoms with Crippen molar-refractivity contribution in [3.8, 4) is 5.75 Å². The number of carbonyl (C=O) groups excluding carboxylic acids is 2. The fourth-order valence-corrected chi connectivity index (χ4v) is 4.04. The molecule has 0 unspecified atom stereocenters. The highest BCUT2D eigenvalue weighted by atomic mass is 35.5. The standard InChI is InChI=1S/C25H24ClFN4O3/c1-34-22-5-3-2-4-21(22)30-25(33)17-8-11-28-23(14-17)31-12-9-16(10-13-31)24(32)29-18-6-7-20(27)19(26)15-18/h2-8,11,14-16H,9-10,12-13H2,1H3,(H,29,32)(H,30,33). The quantitative estimate of drug-likeness (QED) is 0.517. The molecule has 0 radical (unpaired) electrons. The monoisotopic (exact) mass is 482 g/mol. The lowest BCUT2D eigenvalue weighted by Crippen LogP contribution is -2.38. The number of nitrogens with zero attached hydrogens (tertiary/aromatic N) is 2. The van der Waals surface area contributed by atoms with E-state index in [1.54, 1.807) is 37.6 Å². The van der Waals surface area contributed by atoms with Gasteiger partial charge in [0.2, 0.25) is 5.91 Å². The zero-order valence-corrected chi connectivity index (χ0v) is 19.3. The molecular formula is C25H24ClFN4O3. The maximum absolute atomic E-state index is 13.3. The van der Waals surface area contributed by atoms with Gasteiger partial charge in [-0.3, -0.25) is 9.59 Å². The molecule has 3 aromatic rings. The molecule has 176 valence electrons. The Balaban J connectivity index is 1.36. The van der Waals surface area contributed by atoms with E-state index < -0.39 is 5.82 Å². The number of carbonyl (C=O) groups is 2. The smallest absolute Gasteiger partial charge is 0.255 e. The number of rotatable bonds is 6. The van der Waals surface area contributed by atoms with Crippen LogP contribution in [0.5, 0.6) is 5.75 Å². The van der Waals surface area contributed by atoms with Crippen molar-refractivity contribution in [1.82, 2.24) is 4.98 Å². The number of pyridine rings is 1. The van der Waals surface area contributed by atoms with Crippen molar-refractivity contribution in [2.24, 2.45) is 5.92 Å². The number of methoxy groups -OCH3 is 1. The SMILES string of the molecule is COc1ccccc1NC(=O)c1ccnc(N2CCC(C(=O)Nc3ccc(F)c(Cl)c3)CC2)c1. The zero-order valence-electron chi connectivity index (χ0n) is 18.6. The summed E-state index contributed by atoms with van der Waals surface area (Å²) in [5.74, 6) is 0.155. The molecule has 1 aliphatic heterocycles. The van der Waals surface area contributed by atoms with E-state index in [0.717, 1.165) is 0 Å². The van der Waals surface area contributed by atoms with Crippen LogP contribution < -0.4 is 20.3 Å². The normalized spacial score (nSPS) is 13.9. The Morgan fingerprint density at radius 2 is 1.85 bits per heavy atom. The molecule has 2 N–H and O–H groups in total. The first-order chi connectivity index (χ1) is 16.4. The number of amides is 2. The Morgan fingerprint density at radius 3 is 2.59 bits per heavy atom. The summed E-state index contributed by atoms with van der Waals surface area (Å²) >= 11 is 5.79. The molecule has 0 atom stereocenters. The molecule has 1 fully saturated rings. The van der Waals surface area contributed by atoms with Crippen molar-refractivity contribution in [3.63, 3.8) is 0 Å². The molecule has 0 aliphatic carbocycles. The largest absolute Gasteiger partial charge is 0.495 e. The van der Waals surface area contributed by atoms with E-state index in [1.165, 1.54) is 18.2 Å². The molecule has 2 heterocycles. The van der Waals surface area contributed by atoms with Gasteiger partial charge in [0.1, 0.15) is 17.4 Å². The van der Waals surface area contributed by atoms with Gasteiger partial charge in [-0.25, -0.2) is 9.37 Å². The van der Waals surface area contributed by atoms with E-state index in [4.69, 9.17) is 16.3 Å². The lowest BCUT2D eigenvalue weighted by molar-refractivity contribution is -0.120. The molecule has 0 bridgehead atoms. The summed E-state index contributed by atoms with van der Waals surface area (Å²) in [7, 11) is 1.55. The Kier molecular flexibility index (Phi) is 7.27. The molecule has 1 saturated heterocycles. The number of halogens is 2. The molecule has 7 nitrogen and oxygen atoms in total. The summed E-state index contributed by atoms with van der Waals surface area (Å²) < 4.78 is 18.6. The lowest BCUT2D eigenvalue weighted by atomic mass is 9.95. The molecular weight excluding hydrogens is 459 g/mol. The van der Waals surface area contributed by atoms with Crippen molar-refractivity contribution in [1.29, 1.82) is 0 Å². The second kappa shape index (κ2) is 10.5. The van der Waals surface area contributed by atoms with Gasteiger partial charge in [-0.2, -0.15) is 0 Å². The fourth-order valence-electron chi connectivity index (χ4n) is 3.86. The third-order valence-corrected chi connectivity index (χ3v) is 6.03. The molecule has 9 heteroatoms. The van der Waals surface area contributed by atoms with Gasteiger partial charge in [0, 0.05) is 36.5 Å². The average Bonchev–Trinajstić information content (AvgIpc) is 2.86. The molecule has 0 saturated carbocycles. The fraction of sp³-hybridized carbons (Fsp3) is 0.240. The Hall–Kier alpha value is -3.65. The summed E-state index contributed by atoms with van der Waals surface area (Å²) in [5.41, 5.74) is 1.53. The third-order valence-electron chi connectivity index (χ3n) is 5.74. The highest BCUT2D eigenvalue weighted by Gasteiger charge is 2.26. The zero-order chi connectivity index (χ0) is 24.1. The van der Waals surface area contributed by atoms with Crippen LogP contribution in [0.2, 0.25) is 5.02 Å². The van der Waals surface area contributed by atoms with Gasteiger partial charge in [-0.15, -0.1) is 0 Å². The highest BCUT2D eigenvalue weighted by Crippen LogP contribution is 2.27. The van der Waals surface area contributed by atoms with Gasteiger partial charge in [0.05, 0.1) is 17.8 Å². The van der Waals surface area contributed by atoms with Crippen LogP contribution in [0, 0.1) is 11.7 Å². The molecule has 2 aromatic carbocycles. The van der Waals surface area contributed by atoms with Crippen molar-refractivity contribution in [2.75, 3.05) is 35.7 Å². The van der Waals surface area contributed by atoms with E-state index in [0.29, 0.717) is 54.4 Å². The predicted molar refractivity (Wildman–Crippen MR) is 130 cm³/mol. The number of piperidine rings is 1. The molecule has 1 aromatic heterocycles. The van der Waals surface area contributed by atoms with Gasteiger partial charge < -0.3 is 20.3 Å². The number of para-hydroxylation sites is 2. The minimum Gasteiger partial charge on any atom is -0.495 e. The first kappa shape index (κ1) is 23.5. The van der Waals surface area contributed by atoms with Crippen molar-refractivity contribution >= 4 is 40.6 Å². The van der Waals surface area contributed by atoms with E-state index >= 15 is 0 Å². The van der Waals surface area contributed by atoms with Gasteiger partial charge in [-0.05, 0) is 55.3 Å². The Morgan fingerprint density at radius 1 is 1.09 bits per heavy atom. The number of hydrogen-bond donors (Lipinski definition) is 2. The second-order valence-electron chi connectivity index (χ2n) is 7.94. The van der Waals surface area contributed by atoms with E-state index in [2.05, 4.69) is 20.5 Å². The van der Waals surface area contributed by atoms with Crippen LogP contribution in [0.4, 0.5) is 21.6 Å². The summed E-state index contributed by atoms with van der Waals surface area (Å²) in [6.07, 6.45) is 2.85. The number of aromatic nitrogens is 1. The minimum absolute atomic E-state index is 0.0340. The van der Waals surface area contributed by atoms with Gasteiger partial charge in [0.15, 0.2) is 0 Å². The van der Waals surface area contributed by atoms with Crippen LogP contribution in [0.1, 0.15) is 23.2 Å². The van der Waals surface area contributed by atoms with Crippen LogP contribution in [0.3, 0.4) is 0 Å². The summed E-state index contributed by atoms with van der Waals surface area (Å²) in [4.78, 5) is 31.9. The average molecular weight is 483 g/mol. The Labute approximate surface area is 201 Å². The predicted octanol–water partition coefficient (Wildman–Crippen LogP) is 4.99. The van der Waals surface area contributed by atoms with E-state index in [-0.39, 0.29) is 22.8 Å². The van der Waals surface area contributed by atoms with Crippen molar-refractivity contribution in [3.05, 3.63) is 77.2 Å². The maximum atomic E-state index is 13.3. The first-order valence-corrected chi connectivity index (χ1v) is 11.2. The summed E-state index contributed by atoms with van der Waals surface area (Å²) in [5, 5.41) is 5.63. The maximum Gasteiger partial charge on any atom is 0.255 e. The van der Waals surface area contributed by atoms with Crippen molar-refractivity contribution < 1.29 is 18.7 Å². The molecule has 2 amide bonds. The number of anilines is 3. The van der Waals surface area contributed by atoms with Crippen LogP contribution in [-0.4, -0.2) is 37.0 Å². The van der Waals surface area contributed by atoms with Crippen LogP contribution in [0.25, 0.3) is 0 Å². The lowest BCUT2D eigenvalue weighted by Gasteiger charge is -2.32. The molecule has 0 spiro atoms. The van der Waals surface area contributed by atoms with E-state index in [9.17, 15) is 14.0 Å². The number of ether oxygens (including phenoxy) is 1. The number of nitrogens with one attached hydrogen (secondary N) is 2. The third kappa shape index (κ3) is 5.46. The molecule has 1 aliphatic rings. The van der Waals surface area contributed by atoms with Crippen LogP contribution in [-0.2, 0) is 4.79 Å².